The van der Waals surface area contributed by atoms with Crippen molar-refractivity contribution in [2.24, 2.45) is 0 Å². The summed E-state index contributed by atoms with van der Waals surface area (Å²) in [5.74, 6) is -0.482. The van der Waals surface area contributed by atoms with Crippen LogP contribution in [0.4, 0.5) is 5.69 Å². The minimum absolute atomic E-state index is 0.223. The number of benzene rings is 1. The van der Waals surface area contributed by atoms with E-state index in [0.29, 0.717) is 37.3 Å². The lowest BCUT2D eigenvalue weighted by atomic mass is 10.1. The molecule has 0 spiro atoms. The minimum Gasteiger partial charge on any atom is -0.349 e. The highest BCUT2D eigenvalue weighted by atomic mass is 32.2. The summed E-state index contributed by atoms with van der Waals surface area (Å²) >= 11 is 1.55. The van der Waals surface area contributed by atoms with Gasteiger partial charge in [0.05, 0.1) is 11.4 Å². The van der Waals surface area contributed by atoms with Crippen molar-refractivity contribution in [1.29, 1.82) is 0 Å². The second kappa shape index (κ2) is 7.89. The maximum atomic E-state index is 12.9. The Morgan fingerprint density at radius 3 is 2.62 bits per heavy atom. The summed E-state index contributed by atoms with van der Waals surface area (Å²) in [4.78, 5) is 27.8. The van der Waals surface area contributed by atoms with Gasteiger partial charge in [-0.25, -0.2) is 8.42 Å². The highest BCUT2D eigenvalue weighted by Crippen LogP contribution is 2.35. The lowest BCUT2D eigenvalue weighted by Gasteiger charge is -2.23. The fourth-order valence-corrected chi connectivity index (χ4v) is 6.18. The molecule has 1 fully saturated rings. The molecule has 9 heteroatoms. The Morgan fingerprint density at radius 1 is 1.21 bits per heavy atom. The summed E-state index contributed by atoms with van der Waals surface area (Å²) in [6.45, 7) is 2.90. The monoisotopic (exact) mass is 433 g/mol. The van der Waals surface area contributed by atoms with Gasteiger partial charge in [0.25, 0.3) is 0 Å². The van der Waals surface area contributed by atoms with Crippen LogP contribution in [0.1, 0.15) is 30.2 Å². The van der Waals surface area contributed by atoms with Crippen LogP contribution in [0.25, 0.3) is 0 Å². The molecule has 154 valence electrons. The second-order valence-corrected chi connectivity index (χ2v) is 10.3. The molecule has 0 saturated carbocycles. The van der Waals surface area contributed by atoms with Crippen molar-refractivity contribution in [3.8, 4) is 0 Å². The SMILES string of the molecule is CC(=O)N1c2ccc(S(=O)(=O)N3CCCC3)cc2C[C@@H]1C(=O)NCc1cccs1. The number of rotatable bonds is 5. The normalized spacial score (nSPS) is 19.3. The molecule has 1 saturated heterocycles. The van der Waals surface area contributed by atoms with Gasteiger partial charge in [-0.15, -0.1) is 11.3 Å². The van der Waals surface area contributed by atoms with Crippen molar-refractivity contribution in [2.45, 2.75) is 43.7 Å². The molecule has 7 nitrogen and oxygen atoms in total. The molecule has 1 atom stereocenters. The number of sulfonamides is 1. The van der Waals surface area contributed by atoms with Crippen LogP contribution in [0.2, 0.25) is 0 Å². The first-order valence-electron chi connectivity index (χ1n) is 9.61. The zero-order chi connectivity index (χ0) is 20.6. The van der Waals surface area contributed by atoms with Gasteiger partial charge in [-0.2, -0.15) is 4.31 Å². The van der Waals surface area contributed by atoms with E-state index in [4.69, 9.17) is 0 Å². The molecular weight excluding hydrogens is 410 g/mol. The van der Waals surface area contributed by atoms with Crippen LogP contribution in [-0.2, 0) is 32.6 Å². The zero-order valence-corrected chi connectivity index (χ0v) is 17.8. The van der Waals surface area contributed by atoms with E-state index in [2.05, 4.69) is 5.32 Å². The van der Waals surface area contributed by atoms with Gasteiger partial charge in [0.2, 0.25) is 21.8 Å². The Morgan fingerprint density at radius 2 is 1.97 bits per heavy atom. The smallest absolute Gasteiger partial charge is 0.243 e. The number of anilines is 1. The zero-order valence-electron chi connectivity index (χ0n) is 16.1. The second-order valence-electron chi connectivity index (χ2n) is 7.31. The van der Waals surface area contributed by atoms with Crippen molar-refractivity contribution < 1.29 is 18.0 Å². The lowest BCUT2D eigenvalue weighted by Crippen LogP contribution is -2.47. The van der Waals surface area contributed by atoms with Crippen molar-refractivity contribution in [3.05, 3.63) is 46.2 Å². The fraction of sp³-hybridized carbons (Fsp3) is 0.400. The number of nitrogens with one attached hydrogen (secondary N) is 1. The third kappa shape index (κ3) is 3.82. The predicted molar refractivity (Wildman–Crippen MR) is 111 cm³/mol. The molecule has 0 bridgehead atoms. The highest BCUT2D eigenvalue weighted by Gasteiger charge is 2.38. The van der Waals surface area contributed by atoms with E-state index in [1.54, 1.807) is 23.5 Å². The van der Waals surface area contributed by atoms with Gasteiger partial charge in [0.1, 0.15) is 6.04 Å². The molecule has 2 aromatic rings. The Labute approximate surface area is 174 Å². The van der Waals surface area contributed by atoms with Crippen molar-refractivity contribution >= 4 is 38.9 Å². The molecule has 4 rings (SSSR count). The van der Waals surface area contributed by atoms with Gasteiger partial charge in [-0.05, 0) is 48.1 Å². The first-order chi connectivity index (χ1) is 13.9. The van der Waals surface area contributed by atoms with Crippen molar-refractivity contribution in [2.75, 3.05) is 18.0 Å². The molecule has 1 aromatic carbocycles. The third-order valence-electron chi connectivity index (χ3n) is 5.40. The summed E-state index contributed by atoms with van der Waals surface area (Å²) in [5, 5.41) is 4.83. The Kier molecular flexibility index (Phi) is 5.46. The van der Waals surface area contributed by atoms with Crippen molar-refractivity contribution in [1.82, 2.24) is 9.62 Å². The van der Waals surface area contributed by atoms with Gasteiger partial charge in [0.15, 0.2) is 0 Å². The summed E-state index contributed by atoms with van der Waals surface area (Å²) in [6, 6.07) is 7.98. The van der Waals surface area contributed by atoms with E-state index >= 15 is 0 Å². The molecule has 0 radical (unpaired) electrons. The number of fused-ring (bicyclic) bond motifs is 1. The minimum atomic E-state index is -3.54. The number of thiophene rings is 1. The van der Waals surface area contributed by atoms with Crippen molar-refractivity contribution in [3.63, 3.8) is 0 Å². The van der Waals surface area contributed by atoms with E-state index < -0.39 is 16.1 Å². The number of carbonyl (C=O) groups excluding carboxylic acids is 2. The standard InChI is InChI=1S/C20H23N3O4S2/c1-14(24)23-18-7-6-17(29(26,27)22-8-2-3-9-22)11-15(18)12-19(23)20(25)21-13-16-5-4-10-28-16/h4-7,10-11,19H,2-3,8-9,12-13H2,1H3,(H,21,25)/t19-/m1/s1. The van der Waals surface area contributed by atoms with Crippen LogP contribution in [0.3, 0.4) is 0 Å². The number of amides is 2. The van der Waals surface area contributed by atoms with Gasteiger partial charge < -0.3 is 5.32 Å². The molecular formula is C20H23N3O4S2. The van der Waals surface area contributed by atoms with E-state index in [9.17, 15) is 18.0 Å². The Bertz CT molecular complexity index is 1030. The molecule has 1 aromatic heterocycles. The maximum absolute atomic E-state index is 12.9. The molecule has 2 aliphatic rings. The molecule has 1 N–H and O–H groups in total. The van der Waals surface area contributed by atoms with Crippen LogP contribution in [0, 0.1) is 0 Å². The third-order valence-corrected chi connectivity index (χ3v) is 8.17. The molecule has 29 heavy (non-hydrogen) atoms. The number of carbonyl (C=O) groups is 2. The van der Waals surface area contributed by atoms with E-state index in [-0.39, 0.29) is 16.7 Å². The summed E-state index contributed by atoms with van der Waals surface area (Å²) in [7, 11) is -3.54. The molecule has 3 heterocycles. The highest BCUT2D eigenvalue weighted by molar-refractivity contribution is 7.89. The molecule has 0 aliphatic carbocycles. The van der Waals surface area contributed by atoms with E-state index in [1.807, 2.05) is 17.5 Å². The van der Waals surface area contributed by atoms with E-state index in [1.165, 1.54) is 22.2 Å². The quantitative estimate of drug-likeness (QED) is 0.783. The maximum Gasteiger partial charge on any atom is 0.243 e. The summed E-state index contributed by atoms with van der Waals surface area (Å²) < 4.78 is 27.2. The van der Waals surface area contributed by atoms with Gasteiger partial charge in [-0.1, -0.05) is 6.07 Å². The predicted octanol–water partition coefficient (Wildman–Crippen LogP) is 2.13. The first-order valence-corrected chi connectivity index (χ1v) is 11.9. The van der Waals surface area contributed by atoms with Gasteiger partial charge >= 0.3 is 0 Å². The molecule has 2 amide bonds. The Hall–Kier alpha value is -2.23. The average molecular weight is 434 g/mol. The van der Waals surface area contributed by atoms with Crippen LogP contribution >= 0.6 is 11.3 Å². The summed E-state index contributed by atoms with van der Waals surface area (Å²) in [6.07, 6.45) is 2.04. The van der Waals surface area contributed by atoms with Crippen LogP contribution in [-0.4, -0.2) is 43.7 Å². The van der Waals surface area contributed by atoms with Crippen LogP contribution in [0.15, 0.2) is 40.6 Å². The van der Waals surface area contributed by atoms with Crippen LogP contribution < -0.4 is 10.2 Å². The van der Waals surface area contributed by atoms with E-state index in [0.717, 1.165) is 17.7 Å². The average Bonchev–Trinajstić information content (AvgIpc) is 3.45. The van der Waals surface area contributed by atoms with Gasteiger partial charge in [0, 0.05) is 37.0 Å². The number of hydrogen-bond donors (Lipinski definition) is 1. The largest absolute Gasteiger partial charge is 0.349 e. The van der Waals surface area contributed by atoms with Gasteiger partial charge in [-0.3, -0.25) is 14.5 Å². The Balaban J connectivity index is 1.57. The molecule has 2 aliphatic heterocycles. The first kappa shape index (κ1) is 20.1. The number of hydrogen-bond acceptors (Lipinski definition) is 5. The lowest BCUT2D eigenvalue weighted by molar-refractivity contribution is -0.125. The number of nitrogens with zero attached hydrogens (tertiary/aromatic N) is 2. The fourth-order valence-electron chi connectivity index (χ4n) is 3.97. The topological polar surface area (TPSA) is 86.8 Å². The molecule has 0 unspecified atom stereocenters. The van der Waals surface area contributed by atoms with Crippen LogP contribution in [0.5, 0.6) is 0 Å². The summed E-state index contributed by atoms with van der Waals surface area (Å²) in [5.41, 5.74) is 1.31.